The van der Waals surface area contributed by atoms with Gasteiger partial charge in [-0.1, -0.05) is 24.3 Å². The van der Waals surface area contributed by atoms with Gasteiger partial charge in [-0.25, -0.2) is 4.39 Å². The van der Waals surface area contributed by atoms with Crippen molar-refractivity contribution in [1.82, 2.24) is 0 Å². The second-order valence-electron chi connectivity index (χ2n) is 5.38. The fraction of sp³-hybridized carbons (Fsp3) is 0.294. The zero-order chi connectivity index (χ0) is 14.3. The van der Waals surface area contributed by atoms with Gasteiger partial charge in [-0.3, -0.25) is 0 Å². The van der Waals surface area contributed by atoms with Crippen LogP contribution >= 0.6 is 0 Å². The number of aliphatic hydroxyl groups excluding tert-OH is 1. The lowest BCUT2D eigenvalue weighted by molar-refractivity contribution is 0.126. The van der Waals surface area contributed by atoms with Crippen molar-refractivity contribution in [2.75, 3.05) is 6.61 Å². The molecule has 0 saturated carbocycles. The first-order valence-electron chi connectivity index (χ1n) is 6.74. The maximum atomic E-state index is 14.2. The van der Waals surface area contributed by atoms with E-state index >= 15 is 0 Å². The molecular weight excluding hydrogens is 255 g/mol. The van der Waals surface area contributed by atoms with Gasteiger partial charge in [0.05, 0.1) is 18.6 Å². The Morgan fingerprint density at radius 2 is 2.00 bits per heavy atom. The number of para-hydroxylation sites is 1. The number of aliphatic hydroxyl groups is 1. The van der Waals surface area contributed by atoms with Crippen molar-refractivity contribution < 1.29 is 14.2 Å². The van der Waals surface area contributed by atoms with Crippen LogP contribution in [0.1, 0.15) is 34.3 Å². The standard InChI is InChI=1S/C17H17FO2/c1-10-7-11(2)16(14(18)8-10)17(19)13-9-20-15-6-4-3-5-12(13)15/h3-8,13,17,19H,9H2,1-2H3. The second-order valence-corrected chi connectivity index (χ2v) is 5.38. The summed E-state index contributed by atoms with van der Waals surface area (Å²) in [4.78, 5) is 0. The van der Waals surface area contributed by atoms with E-state index in [1.54, 1.807) is 0 Å². The van der Waals surface area contributed by atoms with Gasteiger partial charge in [0, 0.05) is 11.1 Å². The Labute approximate surface area is 117 Å². The van der Waals surface area contributed by atoms with Gasteiger partial charge in [-0.05, 0) is 37.1 Å². The Kier molecular flexibility index (Phi) is 3.22. The third kappa shape index (κ3) is 2.08. The van der Waals surface area contributed by atoms with Crippen LogP contribution in [0.4, 0.5) is 4.39 Å². The van der Waals surface area contributed by atoms with Crippen LogP contribution in [0.25, 0.3) is 0 Å². The normalized spacial score (nSPS) is 18.5. The molecule has 3 rings (SSSR count). The predicted octanol–water partition coefficient (Wildman–Crippen LogP) is 3.65. The fourth-order valence-corrected chi connectivity index (χ4v) is 2.95. The van der Waals surface area contributed by atoms with E-state index in [1.807, 2.05) is 44.2 Å². The van der Waals surface area contributed by atoms with Crippen LogP contribution in [0.15, 0.2) is 36.4 Å². The molecule has 104 valence electrons. The van der Waals surface area contributed by atoms with Crippen LogP contribution in [-0.4, -0.2) is 11.7 Å². The predicted molar refractivity (Wildman–Crippen MR) is 75.5 cm³/mol. The largest absolute Gasteiger partial charge is 0.493 e. The number of rotatable bonds is 2. The molecule has 0 aliphatic carbocycles. The van der Waals surface area contributed by atoms with E-state index in [9.17, 15) is 9.50 Å². The first-order valence-corrected chi connectivity index (χ1v) is 6.74. The van der Waals surface area contributed by atoms with Crippen molar-refractivity contribution in [3.05, 3.63) is 64.5 Å². The van der Waals surface area contributed by atoms with Gasteiger partial charge in [0.15, 0.2) is 0 Å². The molecule has 0 amide bonds. The quantitative estimate of drug-likeness (QED) is 0.904. The molecule has 2 atom stereocenters. The van der Waals surface area contributed by atoms with E-state index in [0.717, 1.165) is 22.4 Å². The number of fused-ring (bicyclic) bond motifs is 1. The molecular formula is C17H17FO2. The van der Waals surface area contributed by atoms with E-state index in [0.29, 0.717) is 12.2 Å². The Morgan fingerprint density at radius 1 is 1.25 bits per heavy atom. The number of ether oxygens (including phenoxy) is 1. The third-order valence-electron chi connectivity index (χ3n) is 3.89. The van der Waals surface area contributed by atoms with Crippen molar-refractivity contribution >= 4 is 0 Å². The van der Waals surface area contributed by atoms with E-state index in [-0.39, 0.29) is 11.7 Å². The van der Waals surface area contributed by atoms with E-state index in [1.165, 1.54) is 6.07 Å². The molecule has 0 aromatic heterocycles. The summed E-state index contributed by atoms with van der Waals surface area (Å²) in [6.07, 6.45) is -0.890. The Bertz CT molecular complexity index is 628. The van der Waals surface area contributed by atoms with Gasteiger partial charge in [0.2, 0.25) is 0 Å². The molecule has 1 N–H and O–H groups in total. The van der Waals surface area contributed by atoms with Gasteiger partial charge in [-0.2, -0.15) is 0 Å². The summed E-state index contributed by atoms with van der Waals surface area (Å²) in [5, 5.41) is 10.6. The monoisotopic (exact) mass is 272 g/mol. The van der Waals surface area contributed by atoms with Gasteiger partial charge in [0.1, 0.15) is 11.6 Å². The van der Waals surface area contributed by atoms with Crippen LogP contribution in [0.5, 0.6) is 5.75 Å². The van der Waals surface area contributed by atoms with Gasteiger partial charge < -0.3 is 9.84 Å². The first kappa shape index (κ1) is 13.1. The van der Waals surface area contributed by atoms with Crippen LogP contribution in [0.3, 0.4) is 0 Å². The lowest BCUT2D eigenvalue weighted by Crippen LogP contribution is -2.15. The first-order chi connectivity index (χ1) is 9.58. The SMILES string of the molecule is Cc1cc(C)c(C(O)C2COc3ccccc32)c(F)c1. The molecule has 0 fully saturated rings. The Balaban J connectivity index is 2.01. The minimum absolute atomic E-state index is 0.220. The van der Waals surface area contributed by atoms with Crippen LogP contribution in [0, 0.1) is 19.7 Å². The summed E-state index contributed by atoms with van der Waals surface area (Å²) in [5.41, 5.74) is 2.96. The highest BCUT2D eigenvalue weighted by Crippen LogP contribution is 2.42. The second kappa shape index (κ2) is 4.91. The maximum Gasteiger partial charge on any atom is 0.129 e. The van der Waals surface area contributed by atoms with Crippen LogP contribution in [-0.2, 0) is 0 Å². The van der Waals surface area contributed by atoms with Crippen molar-refractivity contribution in [1.29, 1.82) is 0 Å². The molecule has 2 aromatic rings. The lowest BCUT2D eigenvalue weighted by atomic mass is 9.88. The zero-order valence-corrected chi connectivity index (χ0v) is 11.6. The third-order valence-corrected chi connectivity index (χ3v) is 3.89. The Hall–Kier alpha value is -1.87. The highest BCUT2D eigenvalue weighted by Gasteiger charge is 2.33. The molecule has 1 aliphatic heterocycles. The molecule has 1 heterocycles. The van der Waals surface area contributed by atoms with Gasteiger partial charge >= 0.3 is 0 Å². The molecule has 2 aromatic carbocycles. The molecule has 1 aliphatic rings. The number of aryl methyl sites for hydroxylation is 2. The number of hydrogen-bond donors (Lipinski definition) is 1. The molecule has 20 heavy (non-hydrogen) atoms. The molecule has 0 radical (unpaired) electrons. The molecule has 0 bridgehead atoms. The summed E-state index contributed by atoms with van der Waals surface area (Å²) in [5.74, 6) is 0.211. The van der Waals surface area contributed by atoms with Gasteiger partial charge in [-0.15, -0.1) is 0 Å². The summed E-state index contributed by atoms with van der Waals surface area (Å²) in [6.45, 7) is 4.06. The smallest absolute Gasteiger partial charge is 0.129 e. The molecule has 2 nitrogen and oxygen atoms in total. The van der Waals surface area contributed by atoms with Crippen molar-refractivity contribution in [3.8, 4) is 5.75 Å². The number of hydrogen-bond acceptors (Lipinski definition) is 2. The zero-order valence-electron chi connectivity index (χ0n) is 11.6. The van der Waals surface area contributed by atoms with E-state index in [2.05, 4.69) is 0 Å². The van der Waals surface area contributed by atoms with Crippen LogP contribution < -0.4 is 4.74 Å². The minimum atomic E-state index is -0.890. The number of halogens is 1. The fourth-order valence-electron chi connectivity index (χ4n) is 2.95. The summed E-state index contributed by atoms with van der Waals surface area (Å²) >= 11 is 0. The Morgan fingerprint density at radius 3 is 2.75 bits per heavy atom. The minimum Gasteiger partial charge on any atom is -0.493 e. The lowest BCUT2D eigenvalue weighted by Gasteiger charge is -2.20. The summed E-state index contributed by atoms with van der Waals surface area (Å²) in [6, 6.07) is 11.0. The molecule has 3 heteroatoms. The highest BCUT2D eigenvalue weighted by atomic mass is 19.1. The van der Waals surface area contributed by atoms with Crippen molar-refractivity contribution in [2.45, 2.75) is 25.9 Å². The van der Waals surface area contributed by atoms with E-state index < -0.39 is 6.10 Å². The van der Waals surface area contributed by atoms with Crippen molar-refractivity contribution in [2.24, 2.45) is 0 Å². The molecule has 0 spiro atoms. The summed E-state index contributed by atoms with van der Waals surface area (Å²) in [7, 11) is 0. The maximum absolute atomic E-state index is 14.2. The highest BCUT2D eigenvalue weighted by molar-refractivity contribution is 5.43. The topological polar surface area (TPSA) is 29.5 Å². The average molecular weight is 272 g/mol. The average Bonchev–Trinajstić information content (AvgIpc) is 2.81. The molecule has 2 unspecified atom stereocenters. The van der Waals surface area contributed by atoms with Crippen LogP contribution in [0.2, 0.25) is 0 Å². The number of benzene rings is 2. The van der Waals surface area contributed by atoms with Gasteiger partial charge in [0.25, 0.3) is 0 Å². The van der Waals surface area contributed by atoms with E-state index in [4.69, 9.17) is 4.74 Å². The summed E-state index contributed by atoms with van der Waals surface area (Å²) < 4.78 is 19.8. The van der Waals surface area contributed by atoms with Crippen molar-refractivity contribution in [3.63, 3.8) is 0 Å². The molecule has 0 saturated heterocycles.